The number of hydrogen-bond donors (Lipinski definition) is 1. The fourth-order valence-corrected chi connectivity index (χ4v) is 2.78. The van der Waals surface area contributed by atoms with E-state index in [1.165, 1.54) is 11.1 Å². The Morgan fingerprint density at radius 1 is 1.30 bits per heavy atom. The van der Waals surface area contributed by atoms with Crippen molar-refractivity contribution >= 4 is 11.9 Å². The Bertz CT molecular complexity index is 512. The zero-order valence-electron chi connectivity index (χ0n) is 12.0. The molecular weight excluding hydrogens is 254 g/mol. The van der Waals surface area contributed by atoms with Crippen LogP contribution < -0.4 is 0 Å². The van der Waals surface area contributed by atoms with Crippen LogP contribution in [0, 0.1) is 18.8 Å². The highest BCUT2D eigenvalue weighted by atomic mass is 16.4. The molecule has 4 nitrogen and oxygen atoms in total. The first-order valence-electron chi connectivity index (χ1n) is 7.04. The molecule has 1 fully saturated rings. The predicted molar refractivity (Wildman–Crippen MR) is 76.4 cm³/mol. The van der Waals surface area contributed by atoms with Crippen molar-refractivity contribution in [2.45, 2.75) is 26.7 Å². The van der Waals surface area contributed by atoms with Gasteiger partial charge in [-0.25, -0.2) is 0 Å². The van der Waals surface area contributed by atoms with Crippen LogP contribution in [0.4, 0.5) is 0 Å². The Hall–Kier alpha value is -1.84. The Morgan fingerprint density at radius 3 is 2.60 bits per heavy atom. The summed E-state index contributed by atoms with van der Waals surface area (Å²) in [6.07, 6.45) is 1.16. The van der Waals surface area contributed by atoms with Crippen LogP contribution in [-0.4, -0.2) is 35.0 Å². The molecule has 2 atom stereocenters. The third kappa shape index (κ3) is 3.18. The van der Waals surface area contributed by atoms with E-state index < -0.39 is 11.9 Å². The van der Waals surface area contributed by atoms with Crippen molar-refractivity contribution in [1.29, 1.82) is 0 Å². The average Bonchev–Trinajstić information content (AvgIpc) is 2.80. The molecule has 108 valence electrons. The zero-order chi connectivity index (χ0) is 14.7. The van der Waals surface area contributed by atoms with Crippen molar-refractivity contribution in [2.24, 2.45) is 11.8 Å². The van der Waals surface area contributed by atoms with E-state index in [-0.39, 0.29) is 11.8 Å². The van der Waals surface area contributed by atoms with Gasteiger partial charge in [0.2, 0.25) is 5.91 Å². The molecule has 4 heteroatoms. The van der Waals surface area contributed by atoms with Crippen molar-refractivity contribution < 1.29 is 14.7 Å². The second-order valence-corrected chi connectivity index (χ2v) is 5.65. The number of aliphatic carboxylic acids is 1. The first-order chi connectivity index (χ1) is 9.49. The third-order valence-electron chi connectivity index (χ3n) is 4.15. The van der Waals surface area contributed by atoms with Crippen molar-refractivity contribution in [3.63, 3.8) is 0 Å². The highest BCUT2D eigenvalue weighted by Gasteiger charge is 2.36. The summed E-state index contributed by atoms with van der Waals surface area (Å²) in [6, 6.07) is 8.04. The molecule has 1 heterocycles. The summed E-state index contributed by atoms with van der Waals surface area (Å²) in [5, 5.41) is 9.09. The maximum absolute atomic E-state index is 12.2. The smallest absolute Gasteiger partial charge is 0.308 e. The second-order valence-electron chi connectivity index (χ2n) is 5.65. The van der Waals surface area contributed by atoms with Gasteiger partial charge in [-0.2, -0.15) is 0 Å². The number of rotatable bonds is 4. The van der Waals surface area contributed by atoms with Crippen LogP contribution in [0.2, 0.25) is 0 Å². The lowest BCUT2D eigenvalue weighted by molar-refractivity contribution is -0.142. The average molecular weight is 275 g/mol. The monoisotopic (exact) mass is 275 g/mol. The van der Waals surface area contributed by atoms with E-state index in [4.69, 9.17) is 5.11 Å². The van der Waals surface area contributed by atoms with Crippen LogP contribution >= 0.6 is 0 Å². The highest BCUT2D eigenvalue weighted by Crippen LogP contribution is 2.24. The molecule has 1 aromatic rings. The summed E-state index contributed by atoms with van der Waals surface area (Å²) >= 11 is 0. The van der Waals surface area contributed by atoms with E-state index >= 15 is 0 Å². The van der Waals surface area contributed by atoms with Gasteiger partial charge in [-0.1, -0.05) is 31.2 Å². The second kappa shape index (κ2) is 6.07. The van der Waals surface area contributed by atoms with Gasteiger partial charge < -0.3 is 10.0 Å². The fraction of sp³-hybridized carbons (Fsp3) is 0.500. The Balaban J connectivity index is 1.90. The number of benzene rings is 1. The summed E-state index contributed by atoms with van der Waals surface area (Å²) < 4.78 is 0. The Kier molecular flexibility index (Phi) is 4.42. The largest absolute Gasteiger partial charge is 0.481 e. The van der Waals surface area contributed by atoms with Crippen molar-refractivity contribution in [3.8, 4) is 0 Å². The number of hydrogen-bond acceptors (Lipinski definition) is 2. The van der Waals surface area contributed by atoms with Crippen molar-refractivity contribution in [3.05, 3.63) is 35.4 Å². The molecule has 0 aromatic heterocycles. The molecule has 20 heavy (non-hydrogen) atoms. The van der Waals surface area contributed by atoms with Gasteiger partial charge in [0.25, 0.3) is 0 Å². The SMILES string of the molecule is Cc1ccccc1CCC(=O)N1C[C@@H](C)[C@H](C(=O)O)C1. The number of aryl methyl sites for hydroxylation is 2. The number of carboxylic acid groups (broad SMARTS) is 1. The summed E-state index contributed by atoms with van der Waals surface area (Å²) in [5.74, 6) is -1.12. The van der Waals surface area contributed by atoms with Gasteiger partial charge in [0, 0.05) is 19.5 Å². The molecule has 1 aliphatic heterocycles. The molecule has 2 rings (SSSR count). The van der Waals surface area contributed by atoms with E-state index in [1.807, 2.05) is 38.1 Å². The van der Waals surface area contributed by atoms with Crippen LogP contribution in [0.1, 0.15) is 24.5 Å². The van der Waals surface area contributed by atoms with Gasteiger partial charge in [0.1, 0.15) is 0 Å². The minimum absolute atomic E-state index is 0.0370. The predicted octanol–water partition coefficient (Wildman–Crippen LogP) is 2.11. The van der Waals surface area contributed by atoms with Crippen LogP contribution in [0.3, 0.4) is 0 Å². The summed E-state index contributed by atoms with van der Waals surface area (Å²) in [6.45, 7) is 4.85. The number of nitrogens with zero attached hydrogens (tertiary/aromatic N) is 1. The molecule has 1 aliphatic rings. The van der Waals surface area contributed by atoms with Gasteiger partial charge in [0.15, 0.2) is 0 Å². The first-order valence-corrected chi connectivity index (χ1v) is 7.04. The number of likely N-dealkylation sites (tertiary alicyclic amines) is 1. The van der Waals surface area contributed by atoms with Gasteiger partial charge in [-0.3, -0.25) is 9.59 Å². The molecular formula is C16H21NO3. The first kappa shape index (κ1) is 14.6. The lowest BCUT2D eigenvalue weighted by atomic mass is 9.99. The molecule has 0 radical (unpaired) electrons. The molecule has 1 N–H and O–H groups in total. The van der Waals surface area contributed by atoms with Crippen molar-refractivity contribution in [2.75, 3.05) is 13.1 Å². The Labute approximate surface area is 119 Å². The number of amides is 1. The summed E-state index contributed by atoms with van der Waals surface area (Å²) in [4.78, 5) is 24.9. The molecule has 1 saturated heterocycles. The van der Waals surface area contributed by atoms with Crippen molar-refractivity contribution in [1.82, 2.24) is 4.90 Å². The van der Waals surface area contributed by atoms with Crippen LogP contribution in [0.15, 0.2) is 24.3 Å². The molecule has 0 saturated carbocycles. The van der Waals surface area contributed by atoms with Crippen LogP contribution in [0.25, 0.3) is 0 Å². The highest BCUT2D eigenvalue weighted by molar-refractivity contribution is 5.79. The lowest BCUT2D eigenvalue weighted by Gasteiger charge is -2.16. The molecule has 0 spiro atoms. The molecule has 0 bridgehead atoms. The maximum Gasteiger partial charge on any atom is 0.308 e. The van der Waals surface area contributed by atoms with E-state index in [0.717, 1.165) is 0 Å². The topological polar surface area (TPSA) is 57.6 Å². The number of carboxylic acids is 1. The van der Waals surface area contributed by atoms with Crippen LogP contribution in [-0.2, 0) is 16.0 Å². The van der Waals surface area contributed by atoms with Gasteiger partial charge in [-0.05, 0) is 30.4 Å². The normalized spacial score (nSPS) is 22.0. The third-order valence-corrected chi connectivity index (χ3v) is 4.15. The summed E-state index contributed by atoms with van der Waals surface area (Å²) in [5.41, 5.74) is 2.38. The van der Waals surface area contributed by atoms with Gasteiger partial charge in [0.05, 0.1) is 5.92 Å². The lowest BCUT2D eigenvalue weighted by Crippen LogP contribution is -2.30. The van der Waals surface area contributed by atoms with Gasteiger partial charge >= 0.3 is 5.97 Å². The molecule has 0 unspecified atom stereocenters. The number of carbonyl (C=O) groups is 2. The molecule has 1 amide bonds. The summed E-state index contributed by atoms with van der Waals surface area (Å²) in [7, 11) is 0. The molecule has 0 aliphatic carbocycles. The van der Waals surface area contributed by atoms with Gasteiger partial charge in [-0.15, -0.1) is 0 Å². The minimum Gasteiger partial charge on any atom is -0.481 e. The zero-order valence-corrected chi connectivity index (χ0v) is 12.0. The quantitative estimate of drug-likeness (QED) is 0.915. The van der Waals surface area contributed by atoms with Crippen LogP contribution in [0.5, 0.6) is 0 Å². The minimum atomic E-state index is -0.799. The standard InChI is InChI=1S/C16H21NO3/c1-11-5-3-4-6-13(11)7-8-15(18)17-9-12(2)14(10-17)16(19)20/h3-6,12,14H,7-10H2,1-2H3,(H,19,20)/t12-,14-/m1/s1. The Morgan fingerprint density at radius 2 is 2.00 bits per heavy atom. The molecule has 1 aromatic carbocycles. The van der Waals surface area contributed by atoms with E-state index in [9.17, 15) is 9.59 Å². The maximum atomic E-state index is 12.2. The fourth-order valence-electron chi connectivity index (χ4n) is 2.78. The van der Waals surface area contributed by atoms with E-state index in [1.54, 1.807) is 4.90 Å². The van der Waals surface area contributed by atoms with E-state index in [2.05, 4.69) is 0 Å². The number of carbonyl (C=O) groups excluding carboxylic acids is 1. The van der Waals surface area contributed by atoms with E-state index in [0.29, 0.717) is 25.9 Å².